The molecule has 0 radical (unpaired) electrons. The fourth-order valence-corrected chi connectivity index (χ4v) is 3.44. The number of methoxy groups -OCH3 is 1. The molecule has 7 heteroatoms. The van der Waals surface area contributed by atoms with Crippen LogP contribution in [0.2, 0.25) is 0 Å². The van der Waals surface area contributed by atoms with Gasteiger partial charge in [-0.2, -0.15) is 0 Å². The van der Waals surface area contributed by atoms with Gasteiger partial charge in [-0.15, -0.1) is 0 Å². The molecule has 29 heavy (non-hydrogen) atoms. The molecule has 2 aromatic carbocycles. The van der Waals surface area contributed by atoms with Gasteiger partial charge in [-0.3, -0.25) is 9.59 Å². The normalized spacial score (nSPS) is 16.5. The number of hydrogen-bond donors (Lipinski definition) is 1. The largest absolute Gasteiger partial charge is 0.497 e. The lowest BCUT2D eigenvalue weighted by Crippen LogP contribution is -2.42. The highest BCUT2D eigenvalue weighted by Crippen LogP contribution is 2.29. The van der Waals surface area contributed by atoms with Gasteiger partial charge in [-0.1, -0.05) is 12.1 Å². The number of carbonyl (C=O) groups excluding carboxylic acids is 3. The third-order valence-electron chi connectivity index (χ3n) is 4.82. The van der Waals surface area contributed by atoms with Crippen LogP contribution in [0.25, 0.3) is 0 Å². The van der Waals surface area contributed by atoms with Crippen molar-refractivity contribution < 1.29 is 19.1 Å². The van der Waals surface area contributed by atoms with E-state index in [9.17, 15) is 14.4 Å². The smallest absolute Gasteiger partial charge is 0.332 e. The van der Waals surface area contributed by atoms with Gasteiger partial charge in [0.2, 0.25) is 5.91 Å². The van der Waals surface area contributed by atoms with E-state index in [1.165, 1.54) is 9.80 Å². The SMILES string of the molecule is COc1ccc(NC(=O)C[C@H]2C(=O)N(c3cccc(C)c3)C(=O)N2C(C)C)cc1. The molecule has 152 valence electrons. The van der Waals surface area contributed by atoms with Gasteiger partial charge in [0.15, 0.2) is 0 Å². The summed E-state index contributed by atoms with van der Waals surface area (Å²) in [6.45, 7) is 5.56. The summed E-state index contributed by atoms with van der Waals surface area (Å²) in [5.74, 6) is -0.0448. The van der Waals surface area contributed by atoms with Crippen LogP contribution in [0.4, 0.5) is 16.2 Å². The van der Waals surface area contributed by atoms with Gasteiger partial charge in [-0.25, -0.2) is 9.69 Å². The zero-order valence-corrected chi connectivity index (χ0v) is 17.0. The predicted octanol–water partition coefficient (Wildman–Crippen LogP) is 3.58. The van der Waals surface area contributed by atoms with E-state index in [4.69, 9.17) is 4.74 Å². The van der Waals surface area contributed by atoms with E-state index >= 15 is 0 Å². The van der Waals surface area contributed by atoms with E-state index in [1.54, 1.807) is 49.6 Å². The second-order valence-corrected chi connectivity index (χ2v) is 7.29. The number of urea groups is 1. The number of ether oxygens (including phenoxy) is 1. The number of benzene rings is 2. The summed E-state index contributed by atoms with van der Waals surface area (Å²) in [6.07, 6.45) is -0.114. The van der Waals surface area contributed by atoms with Crippen molar-refractivity contribution in [2.45, 2.75) is 39.3 Å². The van der Waals surface area contributed by atoms with Gasteiger partial charge in [0.05, 0.1) is 19.2 Å². The van der Waals surface area contributed by atoms with E-state index in [1.807, 2.05) is 26.8 Å². The van der Waals surface area contributed by atoms with Gasteiger partial charge in [0.1, 0.15) is 11.8 Å². The van der Waals surface area contributed by atoms with E-state index < -0.39 is 12.1 Å². The zero-order valence-electron chi connectivity index (χ0n) is 17.0. The molecule has 1 atom stereocenters. The van der Waals surface area contributed by atoms with Crippen LogP contribution in [0.1, 0.15) is 25.8 Å². The number of carbonyl (C=O) groups is 3. The molecule has 2 aromatic rings. The minimum atomic E-state index is -0.846. The Kier molecular flexibility index (Phi) is 5.87. The summed E-state index contributed by atoms with van der Waals surface area (Å²) < 4.78 is 5.10. The van der Waals surface area contributed by atoms with Crippen molar-refractivity contribution in [1.29, 1.82) is 0 Å². The average molecular weight is 395 g/mol. The molecule has 1 aliphatic rings. The first-order valence-corrected chi connectivity index (χ1v) is 9.48. The zero-order chi connectivity index (χ0) is 21.1. The lowest BCUT2D eigenvalue weighted by Gasteiger charge is -2.25. The van der Waals surface area contributed by atoms with Crippen molar-refractivity contribution in [3.8, 4) is 5.75 Å². The highest BCUT2D eigenvalue weighted by Gasteiger charge is 2.47. The third-order valence-corrected chi connectivity index (χ3v) is 4.82. The molecule has 0 aliphatic carbocycles. The Morgan fingerprint density at radius 2 is 1.83 bits per heavy atom. The summed E-state index contributed by atoms with van der Waals surface area (Å²) in [5, 5.41) is 2.78. The molecule has 4 amide bonds. The molecule has 0 aromatic heterocycles. The maximum atomic E-state index is 13.1. The Bertz CT molecular complexity index is 924. The summed E-state index contributed by atoms with van der Waals surface area (Å²) in [6, 6.07) is 12.6. The second-order valence-electron chi connectivity index (χ2n) is 7.29. The molecule has 0 bridgehead atoms. The molecule has 1 aliphatic heterocycles. The van der Waals surface area contributed by atoms with Crippen molar-refractivity contribution in [1.82, 2.24) is 4.90 Å². The number of hydrogen-bond acceptors (Lipinski definition) is 4. The first-order chi connectivity index (χ1) is 13.8. The van der Waals surface area contributed by atoms with Crippen molar-refractivity contribution >= 4 is 29.2 Å². The number of amides is 4. The average Bonchev–Trinajstić information content (AvgIpc) is 2.92. The number of nitrogens with zero attached hydrogens (tertiary/aromatic N) is 2. The molecule has 0 spiro atoms. The van der Waals surface area contributed by atoms with Gasteiger partial charge >= 0.3 is 6.03 Å². The predicted molar refractivity (Wildman–Crippen MR) is 111 cm³/mol. The molecular weight excluding hydrogens is 370 g/mol. The minimum absolute atomic E-state index is 0.114. The number of anilines is 2. The highest BCUT2D eigenvalue weighted by molar-refractivity contribution is 6.22. The molecular formula is C22H25N3O4. The van der Waals surface area contributed by atoms with Crippen molar-refractivity contribution in [2.24, 2.45) is 0 Å². The Morgan fingerprint density at radius 1 is 1.14 bits per heavy atom. The summed E-state index contributed by atoms with van der Waals surface area (Å²) >= 11 is 0. The van der Waals surface area contributed by atoms with Crippen LogP contribution >= 0.6 is 0 Å². The fraction of sp³-hybridized carbons (Fsp3) is 0.318. The van der Waals surface area contributed by atoms with Crippen molar-refractivity contribution in [3.05, 3.63) is 54.1 Å². The van der Waals surface area contributed by atoms with Gasteiger partial charge in [0, 0.05) is 11.7 Å². The van der Waals surface area contributed by atoms with Crippen LogP contribution in [0, 0.1) is 6.92 Å². The minimum Gasteiger partial charge on any atom is -0.497 e. The molecule has 7 nitrogen and oxygen atoms in total. The van der Waals surface area contributed by atoms with Crippen molar-refractivity contribution in [2.75, 3.05) is 17.3 Å². The van der Waals surface area contributed by atoms with E-state index in [0.717, 1.165) is 5.56 Å². The van der Waals surface area contributed by atoms with Crippen LogP contribution in [0.5, 0.6) is 5.75 Å². The fourth-order valence-electron chi connectivity index (χ4n) is 3.44. The Labute approximate surface area is 170 Å². The monoisotopic (exact) mass is 395 g/mol. The van der Waals surface area contributed by atoms with Gasteiger partial charge in [0.25, 0.3) is 5.91 Å². The van der Waals surface area contributed by atoms with Crippen LogP contribution in [-0.4, -0.2) is 41.9 Å². The van der Waals surface area contributed by atoms with Crippen LogP contribution in [0.15, 0.2) is 48.5 Å². The Balaban J connectivity index is 1.79. The van der Waals surface area contributed by atoms with Crippen LogP contribution < -0.4 is 15.0 Å². The molecule has 3 rings (SSSR count). The molecule has 1 heterocycles. The number of aryl methyl sites for hydroxylation is 1. The van der Waals surface area contributed by atoms with Crippen molar-refractivity contribution in [3.63, 3.8) is 0 Å². The number of nitrogens with one attached hydrogen (secondary N) is 1. The van der Waals surface area contributed by atoms with E-state index in [-0.39, 0.29) is 24.3 Å². The van der Waals surface area contributed by atoms with Crippen LogP contribution in [-0.2, 0) is 9.59 Å². The summed E-state index contributed by atoms with van der Waals surface area (Å²) in [4.78, 5) is 41.3. The first kappa shape index (κ1) is 20.4. The van der Waals surface area contributed by atoms with E-state index in [2.05, 4.69) is 5.32 Å². The maximum Gasteiger partial charge on any atom is 0.332 e. The highest BCUT2D eigenvalue weighted by atomic mass is 16.5. The first-order valence-electron chi connectivity index (χ1n) is 9.48. The Morgan fingerprint density at radius 3 is 2.41 bits per heavy atom. The van der Waals surface area contributed by atoms with Crippen LogP contribution in [0.3, 0.4) is 0 Å². The summed E-state index contributed by atoms with van der Waals surface area (Å²) in [7, 11) is 1.57. The number of imide groups is 1. The topological polar surface area (TPSA) is 79.0 Å². The second kappa shape index (κ2) is 8.34. The number of rotatable bonds is 6. The molecule has 1 saturated heterocycles. The quantitative estimate of drug-likeness (QED) is 0.759. The molecule has 0 saturated carbocycles. The van der Waals surface area contributed by atoms with Gasteiger partial charge < -0.3 is 15.0 Å². The molecule has 1 fully saturated rings. The Hall–Kier alpha value is -3.35. The maximum absolute atomic E-state index is 13.1. The lowest BCUT2D eigenvalue weighted by molar-refractivity contribution is -0.124. The van der Waals surface area contributed by atoms with Gasteiger partial charge in [-0.05, 0) is 62.7 Å². The molecule has 1 N–H and O–H groups in total. The lowest BCUT2D eigenvalue weighted by atomic mass is 10.1. The molecule has 0 unspecified atom stereocenters. The third kappa shape index (κ3) is 4.23. The van der Waals surface area contributed by atoms with E-state index in [0.29, 0.717) is 17.1 Å². The summed E-state index contributed by atoms with van der Waals surface area (Å²) in [5.41, 5.74) is 2.06. The standard InChI is InChI=1S/C22H25N3O4/c1-14(2)24-19(13-20(26)23-16-8-10-18(29-4)11-9-16)21(27)25(22(24)28)17-7-5-6-15(3)12-17/h5-12,14,19H,13H2,1-4H3,(H,23,26)/t19-/m0/s1.